The van der Waals surface area contributed by atoms with E-state index in [9.17, 15) is 4.79 Å². The molecule has 1 rings (SSSR count). The van der Waals surface area contributed by atoms with E-state index >= 15 is 0 Å². The third kappa shape index (κ3) is 1.75. The number of nitrogens with one attached hydrogen (secondary N) is 1. The highest BCUT2D eigenvalue weighted by Crippen LogP contribution is 2.08. The van der Waals surface area contributed by atoms with Crippen LogP contribution >= 0.6 is 0 Å². The van der Waals surface area contributed by atoms with Crippen LogP contribution in [0.4, 0.5) is 10.6 Å². The van der Waals surface area contributed by atoms with Gasteiger partial charge in [0.15, 0.2) is 0 Å². The monoisotopic (exact) mass is 168 g/mol. The van der Waals surface area contributed by atoms with Crippen LogP contribution in [-0.4, -0.2) is 15.8 Å². The second-order valence-electron chi connectivity index (χ2n) is 2.49. The quantitative estimate of drug-likeness (QED) is 0.673. The van der Waals surface area contributed by atoms with E-state index in [2.05, 4.69) is 10.4 Å². The number of anilines is 1. The summed E-state index contributed by atoms with van der Waals surface area (Å²) in [5.74, 6) is 0.624. The summed E-state index contributed by atoms with van der Waals surface area (Å²) in [6, 6.07) is 1.23. The minimum atomic E-state index is -0.569. The molecule has 0 radical (unpaired) electrons. The molecule has 0 atom stereocenters. The third-order valence-electron chi connectivity index (χ3n) is 1.54. The Morgan fingerprint density at radius 1 is 1.83 bits per heavy atom. The molecule has 5 heteroatoms. The zero-order chi connectivity index (χ0) is 9.14. The number of carbonyl (C=O) groups excluding carboxylic acids is 1. The zero-order valence-corrected chi connectivity index (χ0v) is 7.16. The van der Waals surface area contributed by atoms with E-state index in [1.807, 2.05) is 6.92 Å². The van der Waals surface area contributed by atoms with Crippen molar-refractivity contribution in [3.63, 3.8) is 0 Å². The fourth-order valence-electron chi connectivity index (χ4n) is 0.943. The molecule has 0 aliphatic rings. The van der Waals surface area contributed by atoms with Gasteiger partial charge >= 0.3 is 6.03 Å². The van der Waals surface area contributed by atoms with E-state index in [1.165, 1.54) is 0 Å². The zero-order valence-electron chi connectivity index (χ0n) is 7.16. The van der Waals surface area contributed by atoms with Gasteiger partial charge in [-0.1, -0.05) is 6.92 Å². The molecule has 0 bridgehead atoms. The van der Waals surface area contributed by atoms with E-state index in [4.69, 9.17) is 5.73 Å². The summed E-state index contributed by atoms with van der Waals surface area (Å²) in [4.78, 5) is 10.5. The highest BCUT2D eigenvalue weighted by Gasteiger charge is 2.03. The molecular weight excluding hydrogens is 156 g/mol. The van der Waals surface area contributed by atoms with Crippen LogP contribution in [0.2, 0.25) is 0 Å². The molecule has 0 unspecified atom stereocenters. The van der Waals surface area contributed by atoms with Crippen LogP contribution in [0.25, 0.3) is 0 Å². The van der Waals surface area contributed by atoms with Gasteiger partial charge in [-0.2, -0.15) is 5.10 Å². The maximum absolute atomic E-state index is 10.5. The largest absolute Gasteiger partial charge is 0.351 e. The van der Waals surface area contributed by atoms with E-state index in [-0.39, 0.29) is 0 Å². The predicted molar refractivity (Wildman–Crippen MR) is 45.8 cm³/mol. The van der Waals surface area contributed by atoms with Gasteiger partial charge in [-0.3, -0.25) is 10.00 Å². The number of hydrogen-bond acceptors (Lipinski definition) is 2. The summed E-state index contributed by atoms with van der Waals surface area (Å²) < 4.78 is 1.59. The molecule has 0 aliphatic heterocycles. The molecule has 1 aromatic rings. The van der Waals surface area contributed by atoms with Gasteiger partial charge in [0, 0.05) is 13.1 Å². The smallest absolute Gasteiger partial charge is 0.317 e. The molecule has 0 aromatic carbocycles. The van der Waals surface area contributed by atoms with Crippen molar-refractivity contribution in [1.29, 1.82) is 0 Å². The molecule has 0 spiro atoms. The van der Waals surface area contributed by atoms with E-state index in [0.29, 0.717) is 5.82 Å². The number of nitrogens with two attached hydrogens (primary N) is 1. The van der Waals surface area contributed by atoms with Crippen molar-refractivity contribution in [3.8, 4) is 0 Å². The first-order chi connectivity index (χ1) is 5.63. The van der Waals surface area contributed by atoms with E-state index in [0.717, 1.165) is 12.1 Å². The Morgan fingerprint density at radius 2 is 2.50 bits per heavy atom. The molecular formula is C7H12N4O. The maximum atomic E-state index is 10.5. The molecule has 66 valence electrons. The Labute approximate surface area is 70.5 Å². The molecule has 0 aliphatic carbocycles. The van der Waals surface area contributed by atoms with Gasteiger partial charge in [0.2, 0.25) is 0 Å². The first-order valence-electron chi connectivity index (χ1n) is 3.73. The first-order valence-corrected chi connectivity index (χ1v) is 3.73. The average Bonchev–Trinajstić information content (AvgIpc) is 2.31. The van der Waals surface area contributed by atoms with Crippen LogP contribution in [0.1, 0.15) is 12.6 Å². The van der Waals surface area contributed by atoms with Gasteiger partial charge in [-0.05, 0) is 6.42 Å². The minimum absolute atomic E-state index is 0.569. The molecule has 12 heavy (non-hydrogen) atoms. The fourth-order valence-corrected chi connectivity index (χ4v) is 0.943. The molecule has 1 aromatic heterocycles. The number of urea groups is 1. The number of primary amides is 1. The van der Waals surface area contributed by atoms with Gasteiger partial charge in [-0.25, -0.2) is 4.79 Å². The second kappa shape index (κ2) is 3.25. The van der Waals surface area contributed by atoms with Gasteiger partial charge < -0.3 is 5.73 Å². The Kier molecular flexibility index (Phi) is 2.32. The molecule has 0 saturated carbocycles. The van der Waals surface area contributed by atoms with Crippen molar-refractivity contribution in [1.82, 2.24) is 9.78 Å². The highest BCUT2D eigenvalue weighted by atomic mass is 16.2. The van der Waals surface area contributed by atoms with Crippen LogP contribution in [-0.2, 0) is 13.5 Å². The van der Waals surface area contributed by atoms with E-state index in [1.54, 1.807) is 17.8 Å². The van der Waals surface area contributed by atoms with Crippen molar-refractivity contribution >= 4 is 11.8 Å². The summed E-state index contributed by atoms with van der Waals surface area (Å²) in [7, 11) is 1.75. The summed E-state index contributed by atoms with van der Waals surface area (Å²) >= 11 is 0. The van der Waals surface area contributed by atoms with Gasteiger partial charge in [0.05, 0.1) is 5.69 Å². The van der Waals surface area contributed by atoms with Gasteiger partial charge in [-0.15, -0.1) is 0 Å². The molecule has 3 N–H and O–H groups in total. The lowest BCUT2D eigenvalue weighted by atomic mass is 10.3. The van der Waals surface area contributed by atoms with E-state index < -0.39 is 6.03 Å². The fraction of sp³-hybridized carbons (Fsp3) is 0.429. The lowest BCUT2D eigenvalue weighted by molar-refractivity contribution is 0.259. The van der Waals surface area contributed by atoms with Crippen LogP contribution in [0.3, 0.4) is 0 Å². The standard InChI is InChI=1S/C7H12N4O/c1-3-5-4-6(9-7(8)12)11(2)10-5/h4H,3H2,1-2H3,(H3,8,9,12). The molecule has 2 amide bonds. The van der Waals surface area contributed by atoms with Crippen LogP contribution in [0.15, 0.2) is 6.07 Å². The second-order valence-corrected chi connectivity index (χ2v) is 2.49. The molecule has 0 saturated heterocycles. The molecule has 0 fully saturated rings. The number of aryl methyl sites for hydroxylation is 2. The average molecular weight is 168 g/mol. The van der Waals surface area contributed by atoms with Crippen molar-refractivity contribution in [2.24, 2.45) is 12.8 Å². The summed E-state index contributed by atoms with van der Waals surface area (Å²) in [6.07, 6.45) is 0.842. The summed E-state index contributed by atoms with van der Waals surface area (Å²) in [5, 5.41) is 6.60. The van der Waals surface area contributed by atoms with Crippen LogP contribution in [0.5, 0.6) is 0 Å². The van der Waals surface area contributed by atoms with Gasteiger partial charge in [0.1, 0.15) is 5.82 Å². The van der Waals surface area contributed by atoms with Crippen molar-refractivity contribution in [2.45, 2.75) is 13.3 Å². The molecule has 1 heterocycles. The first kappa shape index (κ1) is 8.58. The summed E-state index contributed by atoms with van der Waals surface area (Å²) in [6.45, 7) is 2.00. The number of carbonyl (C=O) groups is 1. The Morgan fingerprint density at radius 3 is 2.92 bits per heavy atom. The SMILES string of the molecule is CCc1cc(NC(N)=O)n(C)n1. The number of nitrogens with zero attached hydrogens (tertiary/aromatic N) is 2. The Bertz CT molecular complexity index is 292. The Balaban J connectivity index is 2.84. The lowest BCUT2D eigenvalue weighted by Crippen LogP contribution is -2.20. The normalized spacial score (nSPS) is 9.83. The maximum Gasteiger partial charge on any atom is 0.317 e. The third-order valence-corrected chi connectivity index (χ3v) is 1.54. The molecule has 5 nitrogen and oxygen atoms in total. The number of rotatable bonds is 2. The Hall–Kier alpha value is -1.52. The van der Waals surface area contributed by atoms with Gasteiger partial charge in [0.25, 0.3) is 0 Å². The van der Waals surface area contributed by atoms with Crippen molar-refractivity contribution in [2.75, 3.05) is 5.32 Å². The topological polar surface area (TPSA) is 72.9 Å². The minimum Gasteiger partial charge on any atom is -0.351 e. The van der Waals surface area contributed by atoms with Crippen LogP contribution < -0.4 is 11.1 Å². The van der Waals surface area contributed by atoms with Crippen molar-refractivity contribution < 1.29 is 4.79 Å². The van der Waals surface area contributed by atoms with Crippen LogP contribution in [0, 0.1) is 0 Å². The predicted octanol–water partition coefficient (Wildman–Crippen LogP) is 0.473. The lowest BCUT2D eigenvalue weighted by Gasteiger charge is -1.99. The van der Waals surface area contributed by atoms with Crippen molar-refractivity contribution in [3.05, 3.63) is 11.8 Å². The number of hydrogen-bond donors (Lipinski definition) is 2. The number of amides is 2. The highest BCUT2D eigenvalue weighted by molar-refractivity contribution is 5.86. The number of aromatic nitrogens is 2. The summed E-state index contributed by atoms with van der Waals surface area (Å²) in [5.41, 5.74) is 5.88.